The van der Waals surface area contributed by atoms with Crippen molar-refractivity contribution in [1.29, 1.82) is 0 Å². The van der Waals surface area contributed by atoms with Crippen LogP contribution in [0.15, 0.2) is 12.1 Å². The highest BCUT2D eigenvalue weighted by atomic mass is 35.5. The van der Waals surface area contributed by atoms with E-state index in [0.717, 1.165) is 6.07 Å². The van der Waals surface area contributed by atoms with Crippen LogP contribution in [-0.2, 0) is 20.7 Å². The van der Waals surface area contributed by atoms with Gasteiger partial charge in [0.1, 0.15) is 23.8 Å². The second kappa shape index (κ2) is 11.6. The van der Waals surface area contributed by atoms with Crippen molar-refractivity contribution in [2.24, 2.45) is 5.73 Å². The molecule has 8 nitrogen and oxygen atoms in total. The fourth-order valence-corrected chi connectivity index (χ4v) is 2.77. The Bertz CT molecular complexity index is 766. The largest absolute Gasteiger partial charge is 0.490 e. The highest BCUT2D eigenvalue weighted by molar-refractivity contribution is 6.32. The van der Waals surface area contributed by atoms with Crippen LogP contribution >= 0.6 is 11.6 Å². The number of halogens is 2. The molecule has 0 spiro atoms. The average molecular weight is 447 g/mol. The Morgan fingerprint density at radius 2 is 1.93 bits per heavy atom. The lowest BCUT2D eigenvalue weighted by molar-refractivity contribution is -0.137. The standard InChI is InChI=1S/C20H28ClFN2O6/c1-20(2,3)30-19(28)24-14(7-8-16(23)25)11-29-15-10-13(22)9-12(18(15)21)5-4-6-17(26)27/h9-10,14H,4-8,11H2,1-3H3,(H2,23,25)(H,24,28)(H,26,27). The third-order valence-corrected chi connectivity index (χ3v) is 4.25. The lowest BCUT2D eigenvalue weighted by Crippen LogP contribution is -2.42. The number of carbonyl (C=O) groups excluding carboxylic acids is 2. The fourth-order valence-electron chi connectivity index (χ4n) is 2.51. The van der Waals surface area contributed by atoms with Crippen molar-refractivity contribution in [2.75, 3.05) is 6.61 Å². The zero-order valence-electron chi connectivity index (χ0n) is 17.3. The van der Waals surface area contributed by atoms with Crippen LogP contribution in [0.3, 0.4) is 0 Å². The molecule has 0 saturated heterocycles. The van der Waals surface area contributed by atoms with Crippen LogP contribution in [0, 0.1) is 5.82 Å². The smallest absolute Gasteiger partial charge is 0.407 e. The number of hydrogen-bond donors (Lipinski definition) is 3. The van der Waals surface area contributed by atoms with Gasteiger partial charge in [0, 0.05) is 18.9 Å². The number of nitrogens with two attached hydrogens (primary N) is 1. The Balaban J connectivity index is 2.85. The predicted octanol–water partition coefficient (Wildman–Crippen LogP) is 3.42. The van der Waals surface area contributed by atoms with Gasteiger partial charge in [0.25, 0.3) is 0 Å². The molecule has 0 aliphatic carbocycles. The minimum absolute atomic E-state index is 0.00114. The van der Waals surface area contributed by atoms with E-state index in [1.165, 1.54) is 6.07 Å². The molecular formula is C20H28ClFN2O6. The third kappa shape index (κ3) is 10.3. The van der Waals surface area contributed by atoms with Crippen LogP contribution in [0.4, 0.5) is 9.18 Å². The van der Waals surface area contributed by atoms with Gasteiger partial charge in [0.15, 0.2) is 0 Å². The van der Waals surface area contributed by atoms with Gasteiger partial charge in [-0.05, 0) is 51.7 Å². The second-order valence-electron chi connectivity index (χ2n) is 7.78. The van der Waals surface area contributed by atoms with Crippen LogP contribution < -0.4 is 15.8 Å². The Morgan fingerprint density at radius 1 is 1.27 bits per heavy atom. The highest BCUT2D eigenvalue weighted by Crippen LogP contribution is 2.31. The molecule has 0 bridgehead atoms. The molecule has 0 saturated carbocycles. The quantitative estimate of drug-likeness (QED) is 0.477. The minimum atomic E-state index is -0.954. The van der Waals surface area contributed by atoms with Crippen LogP contribution in [0.5, 0.6) is 5.75 Å². The van der Waals surface area contributed by atoms with Crippen LogP contribution in [0.2, 0.25) is 5.02 Å². The molecule has 1 aromatic rings. The van der Waals surface area contributed by atoms with Crippen molar-refractivity contribution in [1.82, 2.24) is 5.32 Å². The molecule has 168 valence electrons. The van der Waals surface area contributed by atoms with Crippen LogP contribution in [-0.4, -0.2) is 41.3 Å². The number of nitrogens with one attached hydrogen (secondary N) is 1. The van der Waals surface area contributed by atoms with Crippen molar-refractivity contribution < 1.29 is 33.4 Å². The number of hydrogen-bond acceptors (Lipinski definition) is 5. The molecule has 1 unspecified atom stereocenters. The Kier molecular flexibility index (Phi) is 9.84. The van der Waals surface area contributed by atoms with Gasteiger partial charge in [-0.15, -0.1) is 0 Å². The molecule has 0 aromatic heterocycles. The van der Waals surface area contributed by atoms with Gasteiger partial charge in [-0.3, -0.25) is 9.59 Å². The number of aryl methyl sites for hydroxylation is 1. The van der Waals surface area contributed by atoms with E-state index in [-0.39, 0.29) is 43.1 Å². The normalized spacial score (nSPS) is 12.2. The summed E-state index contributed by atoms with van der Waals surface area (Å²) >= 11 is 6.27. The molecule has 0 aliphatic rings. The molecule has 1 atom stereocenters. The molecule has 0 heterocycles. The summed E-state index contributed by atoms with van der Waals surface area (Å²) in [7, 11) is 0. The van der Waals surface area contributed by atoms with E-state index in [2.05, 4.69) is 5.32 Å². The Labute approximate surface area is 179 Å². The highest BCUT2D eigenvalue weighted by Gasteiger charge is 2.21. The summed E-state index contributed by atoms with van der Waals surface area (Å²) in [6.45, 7) is 5.02. The van der Waals surface area contributed by atoms with E-state index in [1.54, 1.807) is 20.8 Å². The lowest BCUT2D eigenvalue weighted by Gasteiger charge is -2.24. The molecular weight excluding hydrogens is 419 g/mol. The van der Waals surface area contributed by atoms with E-state index < -0.39 is 35.4 Å². The van der Waals surface area contributed by atoms with Crippen LogP contribution in [0.1, 0.15) is 52.0 Å². The maximum Gasteiger partial charge on any atom is 0.407 e. The van der Waals surface area contributed by atoms with E-state index in [1.807, 2.05) is 0 Å². The van der Waals surface area contributed by atoms with Gasteiger partial charge >= 0.3 is 12.1 Å². The first-order valence-corrected chi connectivity index (χ1v) is 9.85. The number of carbonyl (C=O) groups is 3. The van der Waals surface area contributed by atoms with E-state index in [0.29, 0.717) is 12.0 Å². The average Bonchev–Trinajstić information content (AvgIpc) is 2.58. The number of carboxylic acids is 1. The van der Waals surface area contributed by atoms with Gasteiger partial charge in [-0.25, -0.2) is 9.18 Å². The maximum atomic E-state index is 14.0. The summed E-state index contributed by atoms with van der Waals surface area (Å²) in [4.78, 5) is 33.8. The van der Waals surface area contributed by atoms with Crippen molar-refractivity contribution in [3.63, 3.8) is 0 Å². The van der Waals surface area contributed by atoms with E-state index in [9.17, 15) is 18.8 Å². The number of ether oxygens (including phenoxy) is 2. The fraction of sp³-hybridized carbons (Fsp3) is 0.550. The first kappa shape index (κ1) is 25.5. The monoisotopic (exact) mass is 446 g/mol. The molecule has 2 amide bonds. The summed E-state index contributed by atoms with van der Waals surface area (Å²) < 4.78 is 24.8. The second-order valence-corrected chi connectivity index (χ2v) is 8.16. The first-order valence-electron chi connectivity index (χ1n) is 9.47. The number of benzene rings is 1. The zero-order chi connectivity index (χ0) is 22.9. The Hall–Kier alpha value is -2.55. The first-order chi connectivity index (χ1) is 13.9. The number of amides is 2. The van der Waals surface area contributed by atoms with Gasteiger partial charge in [0.2, 0.25) is 5.91 Å². The number of primary amides is 1. The maximum absolute atomic E-state index is 14.0. The van der Waals surface area contributed by atoms with Crippen molar-refractivity contribution in [3.05, 3.63) is 28.5 Å². The zero-order valence-corrected chi connectivity index (χ0v) is 18.1. The third-order valence-electron chi connectivity index (χ3n) is 3.82. The number of aliphatic carboxylic acids is 1. The molecule has 1 rings (SSSR count). The summed E-state index contributed by atoms with van der Waals surface area (Å²) in [6, 6.07) is 1.68. The van der Waals surface area contributed by atoms with Gasteiger partial charge in [-0.2, -0.15) is 0 Å². The molecule has 4 N–H and O–H groups in total. The number of rotatable bonds is 11. The molecule has 0 aliphatic heterocycles. The summed E-state index contributed by atoms with van der Waals surface area (Å²) in [5, 5.41) is 11.5. The topological polar surface area (TPSA) is 128 Å². The van der Waals surface area contributed by atoms with Gasteiger partial charge < -0.3 is 25.6 Å². The molecule has 0 fully saturated rings. The molecule has 0 radical (unpaired) electrons. The Morgan fingerprint density at radius 3 is 2.50 bits per heavy atom. The summed E-state index contributed by atoms with van der Waals surface area (Å²) in [6.07, 6.45) is -0.0215. The SMILES string of the molecule is CC(C)(C)OC(=O)NC(CCC(N)=O)COc1cc(F)cc(CCCC(=O)O)c1Cl. The van der Waals surface area contributed by atoms with Crippen molar-refractivity contribution in [3.8, 4) is 5.75 Å². The number of carboxylic acid groups (broad SMARTS) is 1. The molecule has 10 heteroatoms. The summed E-state index contributed by atoms with van der Waals surface area (Å²) in [5.41, 5.74) is 4.88. The number of alkyl carbamates (subject to hydrolysis) is 1. The molecule has 1 aromatic carbocycles. The predicted molar refractivity (Wildman–Crippen MR) is 109 cm³/mol. The minimum Gasteiger partial charge on any atom is -0.490 e. The summed E-state index contributed by atoms with van der Waals surface area (Å²) in [5.74, 6) is -2.04. The van der Waals surface area contributed by atoms with E-state index >= 15 is 0 Å². The van der Waals surface area contributed by atoms with Crippen LogP contribution in [0.25, 0.3) is 0 Å². The van der Waals surface area contributed by atoms with Crippen molar-refractivity contribution in [2.45, 2.75) is 64.5 Å². The lowest BCUT2D eigenvalue weighted by atomic mass is 10.1. The van der Waals surface area contributed by atoms with Gasteiger partial charge in [0.05, 0.1) is 11.1 Å². The van der Waals surface area contributed by atoms with Crippen molar-refractivity contribution >= 4 is 29.6 Å². The van der Waals surface area contributed by atoms with Gasteiger partial charge in [-0.1, -0.05) is 11.6 Å². The molecule has 30 heavy (non-hydrogen) atoms. The van der Waals surface area contributed by atoms with E-state index in [4.69, 9.17) is 31.9 Å².